The van der Waals surface area contributed by atoms with Crippen molar-refractivity contribution in [2.24, 2.45) is 0 Å². The van der Waals surface area contributed by atoms with Gasteiger partial charge < -0.3 is 14.8 Å². The molecule has 1 saturated heterocycles. The summed E-state index contributed by atoms with van der Waals surface area (Å²) in [5, 5.41) is 3.40. The summed E-state index contributed by atoms with van der Waals surface area (Å²) in [5.74, 6) is 1.39. The summed E-state index contributed by atoms with van der Waals surface area (Å²) < 4.78 is 24.4. The molecule has 1 N–H and O–H groups in total. The second-order valence-electron chi connectivity index (χ2n) is 5.92. The lowest BCUT2D eigenvalue weighted by atomic mass is 10.0. The summed E-state index contributed by atoms with van der Waals surface area (Å²) in [6.45, 7) is 3.37. The quantitative estimate of drug-likeness (QED) is 0.914. The van der Waals surface area contributed by atoms with Crippen molar-refractivity contribution >= 4 is 0 Å². The van der Waals surface area contributed by atoms with E-state index >= 15 is 0 Å². The molecule has 1 aliphatic heterocycles. The lowest BCUT2D eigenvalue weighted by Crippen LogP contribution is -2.45. The number of piperazine rings is 1. The van der Waals surface area contributed by atoms with Crippen molar-refractivity contribution in [3.63, 3.8) is 0 Å². The van der Waals surface area contributed by atoms with Gasteiger partial charge in [0.1, 0.15) is 17.3 Å². The molecular weight excluding hydrogens is 307 g/mol. The smallest absolute Gasteiger partial charge is 0.127 e. The van der Waals surface area contributed by atoms with E-state index in [4.69, 9.17) is 9.47 Å². The number of hydrogen-bond acceptors (Lipinski definition) is 4. The van der Waals surface area contributed by atoms with Gasteiger partial charge in [-0.15, -0.1) is 0 Å². The Bertz CT molecular complexity index is 693. The molecule has 0 saturated carbocycles. The number of halogens is 1. The van der Waals surface area contributed by atoms with Crippen molar-refractivity contribution in [3.05, 3.63) is 59.4 Å². The Labute approximate surface area is 142 Å². The van der Waals surface area contributed by atoms with Gasteiger partial charge in [-0.1, -0.05) is 18.2 Å². The molecule has 1 atom stereocenters. The van der Waals surface area contributed by atoms with Crippen molar-refractivity contribution in [3.8, 4) is 11.5 Å². The van der Waals surface area contributed by atoms with E-state index < -0.39 is 0 Å². The highest BCUT2D eigenvalue weighted by atomic mass is 19.1. The van der Waals surface area contributed by atoms with Crippen LogP contribution in [0.5, 0.6) is 11.5 Å². The zero-order valence-corrected chi connectivity index (χ0v) is 14.1. The Balaban J connectivity index is 1.84. The average molecular weight is 330 g/mol. The van der Waals surface area contributed by atoms with Gasteiger partial charge in [-0.2, -0.15) is 0 Å². The Morgan fingerprint density at radius 2 is 2.04 bits per heavy atom. The van der Waals surface area contributed by atoms with E-state index in [0.29, 0.717) is 0 Å². The molecule has 0 radical (unpaired) electrons. The summed E-state index contributed by atoms with van der Waals surface area (Å²) in [7, 11) is 3.31. The van der Waals surface area contributed by atoms with Gasteiger partial charge in [-0.25, -0.2) is 4.39 Å². The van der Waals surface area contributed by atoms with Crippen LogP contribution in [0.3, 0.4) is 0 Å². The molecule has 5 heteroatoms. The van der Waals surface area contributed by atoms with Gasteiger partial charge in [0.15, 0.2) is 0 Å². The minimum atomic E-state index is -0.194. The SMILES string of the molecule is COc1ccc(CN2CCNCC2c2cccc(F)c2)c(OC)c1. The number of ether oxygens (including phenoxy) is 2. The van der Waals surface area contributed by atoms with E-state index in [1.54, 1.807) is 26.4 Å². The second-order valence-corrected chi connectivity index (χ2v) is 5.92. The molecule has 0 bridgehead atoms. The highest BCUT2D eigenvalue weighted by molar-refractivity contribution is 5.41. The van der Waals surface area contributed by atoms with Crippen molar-refractivity contribution < 1.29 is 13.9 Å². The second kappa shape index (κ2) is 7.64. The van der Waals surface area contributed by atoms with E-state index in [9.17, 15) is 4.39 Å². The molecule has 1 heterocycles. The molecule has 0 aromatic heterocycles. The third kappa shape index (κ3) is 3.68. The van der Waals surface area contributed by atoms with Gasteiger partial charge in [0, 0.05) is 43.9 Å². The van der Waals surface area contributed by atoms with Crippen molar-refractivity contribution in [2.45, 2.75) is 12.6 Å². The molecule has 24 heavy (non-hydrogen) atoms. The average Bonchev–Trinajstić information content (AvgIpc) is 2.62. The predicted molar refractivity (Wildman–Crippen MR) is 92.0 cm³/mol. The molecule has 1 unspecified atom stereocenters. The van der Waals surface area contributed by atoms with Gasteiger partial charge >= 0.3 is 0 Å². The fourth-order valence-electron chi connectivity index (χ4n) is 3.18. The largest absolute Gasteiger partial charge is 0.497 e. The maximum atomic E-state index is 13.6. The number of benzene rings is 2. The van der Waals surface area contributed by atoms with Gasteiger partial charge in [-0.3, -0.25) is 4.90 Å². The Hall–Kier alpha value is -2.11. The van der Waals surface area contributed by atoms with Gasteiger partial charge in [0.05, 0.1) is 14.2 Å². The molecule has 0 spiro atoms. The molecule has 2 aromatic carbocycles. The fraction of sp³-hybridized carbons (Fsp3) is 0.368. The van der Waals surface area contributed by atoms with E-state index in [2.05, 4.69) is 10.2 Å². The van der Waals surface area contributed by atoms with Crippen LogP contribution in [0.25, 0.3) is 0 Å². The number of hydrogen-bond donors (Lipinski definition) is 1. The van der Waals surface area contributed by atoms with Crippen LogP contribution in [-0.2, 0) is 6.54 Å². The summed E-state index contributed by atoms with van der Waals surface area (Å²) in [4.78, 5) is 2.36. The number of nitrogens with zero attached hydrogens (tertiary/aromatic N) is 1. The minimum Gasteiger partial charge on any atom is -0.497 e. The first-order valence-corrected chi connectivity index (χ1v) is 8.12. The van der Waals surface area contributed by atoms with E-state index in [1.165, 1.54) is 6.07 Å². The molecule has 1 fully saturated rings. The van der Waals surface area contributed by atoms with Crippen molar-refractivity contribution in [1.29, 1.82) is 0 Å². The first-order chi connectivity index (χ1) is 11.7. The first kappa shape index (κ1) is 16.7. The van der Waals surface area contributed by atoms with Crippen LogP contribution in [-0.4, -0.2) is 38.8 Å². The molecule has 0 aliphatic carbocycles. The van der Waals surface area contributed by atoms with Crippen LogP contribution >= 0.6 is 0 Å². The first-order valence-electron chi connectivity index (χ1n) is 8.12. The van der Waals surface area contributed by atoms with E-state index in [1.807, 2.05) is 24.3 Å². The molecule has 0 amide bonds. The van der Waals surface area contributed by atoms with Gasteiger partial charge in [-0.05, 0) is 23.8 Å². The molecule has 128 valence electrons. The molecule has 4 nitrogen and oxygen atoms in total. The van der Waals surface area contributed by atoms with Gasteiger partial charge in [0.2, 0.25) is 0 Å². The highest BCUT2D eigenvalue weighted by Crippen LogP contribution is 2.30. The Morgan fingerprint density at radius 1 is 1.17 bits per heavy atom. The molecule has 1 aliphatic rings. The van der Waals surface area contributed by atoms with E-state index in [-0.39, 0.29) is 11.9 Å². The molecular formula is C19H23FN2O2. The number of rotatable bonds is 5. The van der Waals surface area contributed by atoms with Crippen LogP contribution < -0.4 is 14.8 Å². The van der Waals surface area contributed by atoms with Crippen LogP contribution in [0.1, 0.15) is 17.2 Å². The summed E-state index contributed by atoms with van der Waals surface area (Å²) >= 11 is 0. The lowest BCUT2D eigenvalue weighted by Gasteiger charge is -2.36. The zero-order valence-electron chi connectivity index (χ0n) is 14.1. The third-order valence-corrected chi connectivity index (χ3v) is 4.46. The maximum absolute atomic E-state index is 13.6. The predicted octanol–water partition coefficient (Wildman–Crippen LogP) is 2.99. The third-order valence-electron chi connectivity index (χ3n) is 4.46. The topological polar surface area (TPSA) is 33.7 Å². The number of nitrogens with one attached hydrogen (secondary N) is 1. The standard InChI is InChI=1S/C19H23FN2O2/c1-23-17-7-6-15(19(11-17)24-2)13-22-9-8-21-12-18(22)14-4-3-5-16(20)10-14/h3-7,10-11,18,21H,8-9,12-13H2,1-2H3. The minimum absolute atomic E-state index is 0.140. The zero-order chi connectivity index (χ0) is 16.9. The van der Waals surface area contributed by atoms with Crippen molar-refractivity contribution in [1.82, 2.24) is 10.2 Å². The number of methoxy groups -OCH3 is 2. The summed E-state index contributed by atoms with van der Waals surface area (Å²) in [6, 6.07) is 12.9. The summed E-state index contributed by atoms with van der Waals surface area (Å²) in [6.07, 6.45) is 0. The van der Waals surface area contributed by atoms with Crippen LogP contribution in [0.4, 0.5) is 4.39 Å². The van der Waals surface area contributed by atoms with Crippen LogP contribution in [0, 0.1) is 5.82 Å². The van der Waals surface area contributed by atoms with E-state index in [0.717, 1.165) is 48.8 Å². The monoisotopic (exact) mass is 330 g/mol. The lowest BCUT2D eigenvalue weighted by molar-refractivity contribution is 0.152. The van der Waals surface area contributed by atoms with Gasteiger partial charge in [0.25, 0.3) is 0 Å². The Kier molecular flexibility index (Phi) is 5.33. The fourth-order valence-corrected chi connectivity index (χ4v) is 3.18. The maximum Gasteiger partial charge on any atom is 0.127 e. The summed E-state index contributed by atoms with van der Waals surface area (Å²) in [5.41, 5.74) is 2.09. The molecule has 2 aromatic rings. The normalized spacial score (nSPS) is 18.4. The van der Waals surface area contributed by atoms with Crippen LogP contribution in [0.2, 0.25) is 0 Å². The Morgan fingerprint density at radius 3 is 2.79 bits per heavy atom. The molecule has 3 rings (SSSR count). The van der Waals surface area contributed by atoms with Crippen LogP contribution in [0.15, 0.2) is 42.5 Å². The highest BCUT2D eigenvalue weighted by Gasteiger charge is 2.25. The van der Waals surface area contributed by atoms with Crippen molar-refractivity contribution in [2.75, 3.05) is 33.9 Å².